The van der Waals surface area contributed by atoms with Crippen LogP contribution < -0.4 is 10.1 Å². The molecule has 0 amide bonds. The quantitative estimate of drug-likeness (QED) is 0.670. The average Bonchev–Trinajstić information content (AvgIpc) is 2.75. The molecule has 0 unspecified atom stereocenters. The number of morpholine rings is 1. The second kappa shape index (κ2) is 10.0. The summed E-state index contributed by atoms with van der Waals surface area (Å²) in [5.74, 6) is 0.817. The first-order chi connectivity index (χ1) is 14.0. The van der Waals surface area contributed by atoms with E-state index in [9.17, 15) is 8.42 Å². The highest BCUT2D eigenvalue weighted by Gasteiger charge is 2.26. The van der Waals surface area contributed by atoms with Gasteiger partial charge < -0.3 is 19.7 Å². The molecule has 0 saturated carbocycles. The second-order valence-electron chi connectivity index (χ2n) is 6.55. The van der Waals surface area contributed by atoms with E-state index < -0.39 is 10.0 Å². The largest absolute Gasteiger partial charge is 0.492 e. The van der Waals surface area contributed by atoms with Crippen molar-refractivity contribution in [2.75, 3.05) is 51.8 Å². The Morgan fingerprint density at radius 2 is 1.79 bits per heavy atom. The molecule has 7 nitrogen and oxygen atoms in total. The van der Waals surface area contributed by atoms with Gasteiger partial charge in [0.25, 0.3) is 0 Å². The predicted molar refractivity (Wildman–Crippen MR) is 117 cm³/mol. The number of nitrogens with zero attached hydrogens (tertiary/aromatic N) is 2. The summed E-state index contributed by atoms with van der Waals surface area (Å²) < 4.78 is 37.7. The summed E-state index contributed by atoms with van der Waals surface area (Å²) >= 11 is 5.42. The number of nitrogens with one attached hydrogen (secondary N) is 1. The SMILES string of the molecule is CN(CCOc1ccccc1)C(=S)Nc1ccc(S(=O)(=O)N2CCOCC2)cc1. The summed E-state index contributed by atoms with van der Waals surface area (Å²) in [5.41, 5.74) is 0.728. The van der Waals surface area contributed by atoms with Gasteiger partial charge in [-0.3, -0.25) is 0 Å². The third kappa shape index (κ3) is 5.89. The fourth-order valence-electron chi connectivity index (χ4n) is 2.78. The maximum atomic E-state index is 12.7. The Kier molecular flexibility index (Phi) is 7.43. The number of sulfonamides is 1. The topological polar surface area (TPSA) is 71.1 Å². The van der Waals surface area contributed by atoms with Crippen LogP contribution in [0.5, 0.6) is 5.75 Å². The molecule has 1 aliphatic heterocycles. The van der Waals surface area contributed by atoms with Gasteiger partial charge in [-0.05, 0) is 48.6 Å². The number of benzene rings is 2. The number of rotatable bonds is 7. The fourth-order valence-corrected chi connectivity index (χ4v) is 4.40. The molecule has 0 radical (unpaired) electrons. The highest BCUT2D eigenvalue weighted by Crippen LogP contribution is 2.19. The van der Waals surface area contributed by atoms with Crippen molar-refractivity contribution < 1.29 is 17.9 Å². The summed E-state index contributed by atoms with van der Waals surface area (Å²) in [5, 5.41) is 3.65. The molecule has 156 valence electrons. The molecule has 1 N–H and O–H groups in total. The zero-order valence-corrected chi connectivity index (χ0v) is 17.9. The van der Waals surface area contributed by atoms with Crippen LogP contribution in [0.1, 0.15) is 0 Å². The number of hydrogen-bond acceptors (Lipinski definition) is 5. The summed E-state index contributed by atoms with van der Waals surface area (Å²) in [6.07, 6.45) is 0. The third-order valence-electron chi connectivity index (χ3n) is 4.50. The molecule has 0 aliphatic carbocycles. The van der Waals surface area contributed by atoms with Crippen LogP contribution in [0, 0.1) is 0 Å². The van der Waals surface area contributed by atoms with E-state index in [1.807, 2.05) is 42.3 Å². The van der Waals surface area contributed by atoms with Gasteiger partial charge in [0, 0.05) is 25.8 Å². The monoisotopic (exact) mass is 435 g/mol. The van der Waals surface area contributed by atoms with Crippen LogP contribution in [-0.4, -0.2) is 69.2 Å². The Bertz CT molecular complexity index is 899. The van der Waals surface area contributed by atoms with Crippen molar-refractivity contribution >= 4 is 33.0 Å². The highest BCUT2D eigenvalue weighted by atomic mass is 32.2. The van der Waals surface area contributed by atoms with E-state index >= 15 is 0 Å². The Morgan fingerprint density at radius 1 is 1.14 bits per heavy atom. The van der Waals surface area contributed by atoms with E-state index in [-0.39, 0.29) is 4.90 Å². The maximum absolute atomic E-state index is 12.7. The van der Waals surface area contributed by atoms with Crippen molar-refractivity contribution in [1.29, 1.82) is 0 Å². The number of anilines is 1. The van der Waals surface area contributed by atoms with Gasteiger partial charge in [0.1, 0.15) is 12.4 Å². The van der Waals surface area contributed by atoms with E-state index in [1.165, 1.54) is 4.31 Å². The third-order valence-corrected chi connectivity index (χ3v) is 6.83. The predicted octanol–water partition coefficient (Wildman–Crippen LogP) is 2.42. The van der Waals surface area contributed by atoms with Crippen LogP contribution in [0.25, 0.3) is 0 Å². The smallest absolute Gasteiger partial charge is 0.243 e. The zero-order valence-electron chi connectivity index (χ0n) is 16.3. The van der Waals surface area contributed by atoms with Crippen LogP contribution in [0.4, 0.5) is 5.69 Å². The van der Waals surface area contributed by atoms with Gasteiger partial charge in [-0.2, -0.15) is 4.31 Å². The molecule has 1 fully saturated rings. The molecular weight excluding hydrogens is 410 g/mol. The minimum Gasteiger partial charge on any atom is -0.492 e. The Hall–Kier alpha value is -2.20. The fraction of sp³-hybridized carbons (Fsp3) is 0.350. The standard InChI is InChI=1S/C20H25N3O4S2/c1-22(11-16-27-18-5-3-2-4-6-18)20(28)21-17-7-9-19(10-8-17)29(24,25)23-12-14-26-15-13-23/h2-10H,11-16H2,1H3,(H,21,28). The number of likely N-dealkylation sites (N-methyl/N-ethyl adjacent to an activating group) is 1. The van der Waals surface area contributed by atoms with Crippen molar-refractivity contribution in [1.82, 2.24) is 9.21 Å². The van der Waals surface area contributed by atoms with Gasteiger partial charge in [0.05, 0.1) is 24.7 Å². The van der Waals surface area contributed by atoms with Crippen molar-refractivity contribution in [3.63, 3.8) is 0 Å². The van der Waals surface area contributed by atoms with Crippen LogP contribution >= 0.6 is 12.2 Å². The Balaban J connectivity index is 1.51. The van der Waals surface area contributed by atoms with Crippen molar-refractivity contribution in [3.8, 4) is 5.75 Å². The van der Waals surface area contributed by atoms with Crippen molar-refractivity contribution in [2.24, 2.45) is 0 Å². The molecule has 29 heavy (non-hydrogen) atoms. The van der Waals surface area contributed by atoms with Gasteiger partial charge in [0.2, 0.25) is 10.0 Å². The normalized spacial score (nSPS) is 14.9. The van der Waals surface area contributed by atoms with E-state index in [1.54, 1.807) is 24.3 Å². The summed E-state index contributed by atoms with van der Waals surface area (Å²) in [6, 6.07) is 16.2. The summed E-state index contributed by atoms with van der Waals surface area (Å²) in [4.78, 5) is 2.14. The van der Waals surface area contributed by atoms with E-state index in [0.717, 1.165) is 11.4 Å². The van der Waals surface area contributed by atoms with Crippen LogP contribution in [0.2, 0.25) is 0 Å². The minimum atomic E-state index is -3.50. The molecule has 1 saturated heterocycles. The van der Waals surface area contributed by atoms with E-state index in [0.29, 0.717) is 44.6 Å². The van der Waals surface area contributed by atoms with Crippen LogP contribution in [0.15, 0.2) is 59.5 Å². The van der Waals surface area contributed by atoms with Crippen LogP contribution in [-0.2, 0) is 14.8 Å². The highest BCUT2D eigenvalue weighted by molar-refractivity contribution is 7.89. The van der Waals surface area contributed by atoms with Gasteiger partial charge in [-0.1, -0.05) is 18.2 Å². The molecule has 0 atom stereocenters. The number of hydrogen-bond donors (Lipinski definition) is 1. The van der Waals surface area contributed by atoms with E-state index in [2.05, 4.69) is 5.32 Å². The Morgan fingerprint density at radius 3 is 2.45 bits per heavy atom. The minimum absolute atomic E-state index is 0.264. The van der Waals surface area contributed by atoms with Gasteiger partial charge in [0.15, 0.2) is 5.11 Å². The maximum Gasteiger partial charge on any atom is 0.243 e. The molecule has 9 heteroatoms. The van der Waals surface area contributed by atoms with Crippen LogP contribution in [0.3, 0.4) is 0 Å². The lowest BCUT2D eigenvalue weighted by Crippen LogP contribution is -2.40. The van der Waals surface area contributed by atoms with Crippen molar-refractivity contribution in [3.05, 3.63) is 54.6 Å². The molecule has 0 bridgehead atoms. The molecule has 2 aromatic carbocycles. The van der Waals surface area contributed by atoms with Gasteiger partial charge >= 0.3 is 0 Å². The average molecular weight is 436 g/mol. The lowest BCUT2D eigenvalue weighted by molar-refractivity contribution is 0.0730. The number of thiocarbonyl (C=S) groups is 1. The van der Waals surface area contributed by atoms with Gasteiger partial charge in [-0.25, -0.2) is 8.42 Å². The molecular formula is C20H25N3O4S2. The molecule has 1 aliphatic rings. The number of ether oxygens (including phenoxy) is 2. The Labute approximate surface area is 177 Å². The first-order valence-corrected chi connectivity index (χ1v) is 11.2. The van der Waals surface area contributed by atoms with Gasteiger partial charge in [-0.15, -0.1) is 0 Å². The lowest BCUT2D eigenvalue weighted by atomic mass is 10.3. The first-order valence-electron chi connectivity index (χ1n) is 9.35. The zero-order chi connectivity index (χ0) is 20.7. The lowest BCUT2D eigenvalue weighted by Gasteiger charge is -2.26. The van der Waals surface area contributed by atoms with E-state index in [4.69, 9.17) is 21.7 Å². The molecule has 1 heterocycles. The first kappa shape index (κ1) is 21.5. The molecule has 0 spiro atoms. The molecule has 2 aromatic rings. The van der Waals surface area contributed by atoms with Crippen molar-refractivity contribution in [2.45, 2.75) is 4.90 Å². The second-order valence-corrected chi connectivity index (χ2v) is 8.88. The summed E-state index contributed by atoms with van der Waals surface area (Å²) in [7, 11) is -1.62. The molecule has 3 rings (SSSR count). The number of para-hydroxylation sites is 1. The summed E-state index contributed by atoms with van der Waals surface area (Å²) in [6.45, 7) is 2.72. The molecule has 0 aromatic heterocycles.